The van der Waals surface area contributed by atoms with Crippen LogP contribution >= 0.6 is 0 Å². The van der Waals surface area contributed by atoms with Crippen molar-refractivity contribution in [2.45, 2.75) is 20.0 Å². The Morgan fingerprint density at radius 3 is 2.19 bits per heavy atom. The van der Waals surface area contributed by atoms with E-state index in [4.69, 9.17) is 4.42 Å². The summed E-state index contributed by atoms with van der Waals surface area (Å²) < 4.78 is 45.5. The maximum atomic E-state index is 13.1. The van der Waals surface area contributed by atoms with Crippen molar-refractivity contribution >= 4 is 29.0 Å². The number of hydrogen-bond acceptors (Lipinski definition) is 5. The van der Waals surface area contributed by atoms with Gasteiger partial charge in [0.25, 0.3) is 17.6 Å². The molecule has 2 aromatic heterocycles. The second kappa shape index (κ2) is 9.53. The third-order valence-corrected chi connectivity index (χ3v) is 5.29. The molecule has 2 aromatic carbocycles. The van der Waals surface area contributed by atoms with Gasteiger partial charge >= 0.3 is 6.18 Å². The molecule has 4 aromatic rings. The standard InChI is InChI=1S/C25H19F3N4O4/c1-14-21(15(2)32(31-14)19-6-3-5-16(13-19)25(26,27)28)22(33)24(35)30-18-10-8-17(9-11-18)29-23(34)20-7-4-12-36-20/h3-13H,1-2H3,(H,29,34)(H,30,35). The largest absolute Gasteiger partial charge is 0.459 e. The number of carbonyl (C=O) groups excluding carboxylic acids is 3. The van der Waals surface area contributed by atoms with Gasteiger partial charge in [0.15, 0.2) is 5.76 Å². The molecule has 0 fully saturated rings. The van der Waals surface area contributed by atoms with Gasteiger partial charge in [0, 0.05) is 11.4 Å². The molecule has 0 radical (unpaired) electrons. The molecule has 0 atom stereocenters. The third-order valence-electron chi connectivity index (χ3n) is 5.29. The molecule has 0 spiro atoms. The van der Waals surface area contributed by atoms with Crippen LogP contribution in [0.25, 0.3) is 5.69 Å². The lowest BCUT2D eigenvalue weighted by Crippen LogP contribution is -2.24. The minimum absolute atomic E-state index is 0.00718. The highest BCUT2D eigenvalue weighted by Gasteiger charge is 2.31. The van der Waals surface area contributed by atoms with Crippen LogP contribution in [0.2, 0.25) is 0 Å². The second-order valence-electron chi connectivity index (χ2n) is 7.80. The van der Waals surface area contributed by atoms with Crippen LogP contribution < -0.4 is 10.6 Å². The molecule has 11 heteroatoms. The Labute approximate surface area is 202 Å². The number of nitrogens with one attached hydrogen (secondary N) is 2. The smallest absolute Gasteiger partial charge is 0.416 e. The molecule has 2 N–H and O–H groups in total. The van der Waals surface area contributed by atoms with E-state index in [0.29, 0.717) is 11.4 Å². The van der Waals surface area contributed by atoms with E-state index in [1.54, 1.807) is 6.07 Å². The molecule has 0 saturated carbocycles. The summed E-state index contributed by atoms with van der Waals surface area (Å²) in [6, 6.07) is 13.7. The Kier molecular flexibility index (Phi) is 6.47. The molecule has 36 heavy (non-hydrogen) atoms. The predicted molar refractivity (Wildman–Crippen MR) is 124 cm³/mol. The highest BCUT2D eigenvalue weighted by Crippen LogP contribution is 2.31. The van der Waals surface area contributed by atoms with Gasteiger partial charge in [-0.15, -0.1) is 0 Å². The number of benzene rings is 2. The molecule has 184 valence electrons. The summed E-state index contributed by atoms with van der Waals surface area (Å²) in [5.41, 5.74) is 0.398. The van der Waals surface area contributed by atoms with E-state index in [2.05, 4.69) is 15.7 Å². The number of halogens is 3. The van der Waals surface area contributed by atoms with E-state index in [9.17, 15) is 27.6 Å². The topological polar surface area (TPSA) is 106 Å². The lowest BCUT2D eigenvalue weighted by molar-refractivity contribution is -0.137. The number of alkyl halides is 3. The Hall–Kier alpha value is -4.67. The summed E-state index contributed by atoms with van der Waals surface area (Å²) in [6.07, 6.45) is -3.17. The zero-order valence-electron chi connectivity index (χ0n) is 19.0. The van der Waals surface area contributed by atoms with Gasteiger partial charge in [0.05, 0.1) is 34.5 Å². The van der Waals surface area contributed by atoms with Gasteiger partial charge in [-0.25, -0.2) is 4.68 Å². The number of nitrogens with zero attached hydrogens (tertiary/aromatic N) is 2. The first-order valence-electron chi connectivity index (χ1n) is 10.6. The summed E-state index contributed by atoms with van der Waals surface area (Å²) in [4.78, 5) is 37.6. The Morgan fingerprint density at radius 2 is 1.58 bits per heavy atom. The number of rotatable bonds is 6. The maximum Gasteiger partial charge on any atom is 0.416 e. The molecule has 0 aliphatic carbocycles. The SMILES string of the molecule is Cc1nn(-c2cccc(C(F)(F)F)c2)c(C)c1C(=O)C(=O)Nc1ccc(NC(=O)c2ccco2)cc1. The highest BCUT2D eigenvalue weighted by molar-refractivity contribution is 6.47. The molecular formula is C25H19F3N4O4. The summed E-state index contributed by atoms with van der Waals surface area (Å²) in [6.45, 7) is 2.99. The monoisotopic (exact) mass is 496 g/mol. The average molecular weight is 496 g/mol. The molecule has 0 aliphatic rings. The van der Waals surface area contributed by atoms with Crippen LogP contribution in [-0.4, -0.2) is 27.4 Å². The van der Waals surface area contributed by atoms with Gasteiger partial charge in [-0.3, -0.25) is 14.4 Å². The number of anilines is 2. The number of ketones is 1. The van der Waals surface area contributed by atoms with Crippen molar-refractivity contribution in [2.75, 3.05) is 10.6 Å². The minimum Gasteiger partial charge on any atom is -0.459 e. The van der Waals surface area contributed by atoms with E-state index >= 15 is 0 Å². The van der Waals surface area contributed by atoms with Crippen LogP contribution in [-0.2, 0) is 11.0 Å². The average Bonchev–Trinajstić information content (AvgIpc) is 3.48. The maximum absolute atomic E-state index is 13.1. The summed E-state index contributed by atoms with van der Waals surface area (Å²) in [7, 11) is 0. The number of carbonyl (C=O) groups is 3. The van der Waals surface area contributed by atoms with Crippen molar-refractivity contribution in [3.63, 3.8) is 0 Å². The van der Waals surface area contributed by atoms with Crippen molar-refractivity contribution in [3.8, 4) is 5.69 Å². The summed E-state index contributed by atoms with van der Waals surface area (Å²) in [5.74, 6) is -2.15. The molecule has 8 nitrogen and oxygen atoms in total. The molecule has 4 rings (SSSR count). The summed E-state index contributed by atoms with van der Waals surface area (Å²) >= 11 is 0. The normalized spacial score (nSPS) is 11.2. The fourth-order valence-corrected chi connectivity index (χ4v) is 3.58. The predicted octanol–water partition coefficient (Wildman–Crippen LogP) is 5.17. The van der Waals surface area contributed by atoms with Crippen molar-refractivity contribution in [1.82, 2.24) is 9.78 Å². The number of aryl methyl sites for hydroxylation is 1. The van der Waals surface area contributed by atoms with Gasteiger partial charge in [-0.1, -0.05) is 6.07 Å². The zero-order valence-corrected chi connectivity index (χ0v) is 19.0. The van der Waals surface area contributed by atoms with Gasteiger partial charge < -0.3 is 15.1 Å². The number of hydrogen-bond donors (Lipinski definition) is 2. The lowest BCUT2D eigenvalue weighted by atomic mass is 10.1. The first-order chi connectivity index (χ1) is 17.0. The third kappa shape index (κ3) is 5.04. The van der Waals surface area contributed by atoms with Gasteiger partial charge in [0.2, 0.25) is 0 Å². The minimum atomic E-state index is -4.54. The Balaban J connectivity index is 1.49. The van der Waals surface area contributed by atoms with E-state index in [1.165, 1.54) is 67.3 Å². The molecule has 0 aliphatic heterocycles. The molecule has 0 unspecified atom stereocenters. The fourth-order valence-electron chi connectivity index (χ4n) is 3.58. The van der Waals surface area contributed by atoms with E-state index in [0.717, 1.165) is 12.1 Å². The van der Waals surface area contributed by atoms with Gasteiger partial charge in [-0.2, -0.15) is 18.3 Å². The Bertz CT molecular complexity index is 1440. The quantitative estimate of drug-likeness (QED) is 0.283. The number of Topliss-reactive ketones (excluding diaryl/α,β-unsaturated/α-hetero) is 1. The first kappa shape index (κ1) is 24.5. The Morgan fingerprint density at radius 1 is 0.917 bits per heavy atom. The fraction of sp³-hybridized carbons (Fsp3) is 0.120. The molecule has 2 amide bonds. The van der Waals surface area contributed by atoms with Crippen LogP contribution in [0.3, 0.4) is 0 Å². The van der Waals surface area contributed by atoms with Gasteiger partial charge in [0.1, 0.15) is 0 Å². The molecular weight excluding hydrogens is 477 g/mol. The van der Waals surface area contributed by atoms with E-state index in [-0.39, 0.29) is 28.4 Å². The number of amides is 2. The highest BCUT2D eigenvalue weighted by atomic mass is 19.4. The van der Waals surface area contributed by atoms with Crippen molar-refractivity contribution in [1.29, 1.82) is 0 Å². The van der Waals surface area contributed by atoms with Crippen molar-refractivity contribution < 1.29 is 32.0 Å². The van der Waals surface area contributed by atoms with Gasteiger partial charge in [-0.05, 0) is 68.4 Å². The molecule has 2 heterocycles. The van der Waals surface area contributed by atoms with Crippen LogP contribution in [0.5, 0.6) is 0 Å². The number of furan rings is 1. The van der Waals surface area contributed by atoms with Crippen molar-refractivity contribution in [2.24, 2.45) is 0 Å². The van der Waals surface area contributed by atoms with Crippen LogP contribution in [0.1, 0.15) is 37.9 Å². The molecule has 0 bridgehead atoms. The molecule has 0 saturated heterocycles. The lowest BCUT2D eigenvalue weighted by Gasteiger charge is -2.10. The zero-order chi connectivity index (χ0) is 26.0. The first-order valence-corrected chi connectivity index (χ1v) is 10.6. The van der Waals surface area contributed by atoms with Crippen molar-refractivity contribution in [3.05, 3.63) is 95.2 Å². The summed E-state index contributed by atoms with van der Waals surface area (Å²) in [5, 5.41) is 9.28. The number of aromatic nitrogens is 2. The second-order valence-corrected chi connectivity index (χ2v) is 7.80. The van der Waals surface area contributed by atoms with Crippen LogP contribution in [0, 0.1) is 13.8 Å². The van der Waals surface area contributed by atoms with E-state index < -0.39 is 29.3 Å². The van der Waals surface area contributed by atoms with Crippen LogP contribution in [0.15, 0.2) is 71.3 Å². The van der Waals surface area contributed by atoms with Crippen LogP contribution in [0.4, 0.5) is 24.5 Å². The van der Waals surface area contributed by atoms with E-state index in [1.807, 2.05) is 0 Å².